The number of nitrogens with zero attached hydrogens (tertiary/aromatic N) is 6. The Bertz CT molecular complexity index is 884. The van der Waals surface area contributed by atoms with Gasteiger partial charge in [-0.25, -0.2) is 8.78 Å². The van der Waals surface area contributed by atoms with Crippen molar-refractivity contribution in [3.63, 3.8) is 0 Å². The number of alkyl halides is 2. The highest BCUT2D eigenvalue weighted by atomic mass is 79.9. The largest absolute Gasteiger partial charge is 0.418 e. The van der Waals surface area contributed by atoms with Gasteiger partial charge in [0.05, 0.1) is 21.4 Å². The van der Waals surface area contributed by atoms with Gasteiger partial charge in [0.25, 0.3) is 12.3 Å². The van der Waals surface area contributed by atoms with Gasteiger partial charge in [-0.15, -0.1) is 10.2 Å². The molecule has 3 aromatic rings. The summed E-state index contributed by atoms with van der Waals surface area (Å²) in [4.78, 5) is 0. The molecule has 3 aromatic heterocycles. The minimum absolute atomic E-state index is 0.284. The molecule has 0 N–H and O–H groups in total. The highest BCUT2D eigenvalue weighted by molar-refractivity contribution is 9.10. The Morgan fingerprint density at radius 1 is 1.21 bits per heavy atom. The Hall–Kier alpha value is -2.10. The maximum atomic E-state index is 13.0. The van der Waals surface area contributed by atoms with E-state index in [1.54, 1.807) is 31.8 Å². The van der Waals surface area contributed by atoms with E-state index in [1.165, 1.54) is 4.68 Å². The van der Waals surface area contributed by atoms with Crippen molar-refractivity contribution < 1.29 is 13.2 Å². The van der Waals surface area contributed by atoms with Crippen molar-refractivity contribution in [1.29, 1.82) is 0 Å². The molecule has 0 aliphatic carbocycles. The average molecular weight is 401 g/mol. The predicted octanol–water partition coefficient (Wildman–Crippen LogP) is 3.59. The van der Waals surface area contributed by atoms with Crippen molar-refractivity contribution in [3.05, 3.63) is 33.6 Å². The molecule has 0 aliphatic rings. The van der Waals surface area contributed by atoms with Crippen LogP contribution in [0.4, 0.5) is 8.78 Å². The maximum Gasteiger partial charge on any atom is 0.283 e. The summed E-state index contributed by atoms with van der Waals surface area (Å²) in [6, 6.07) is -0.480. The quantitative estimate of drug-likeness (QED) is 0.668. The molecule has 0 spiro atoms. The van der Waals surface area contributed by atoms with Crippen LogP contribution in [0.3, 0.4) is 0 Å². The Morgan fingerprint density at radius 2 is 1.92 bits per heavy atom. The zero-order valence-corrected chi connectivity index (χ0v) is 15.0. The molecule has 0 aromatic carbocycles. The molecule has 7 nitrogen and oxygen atoms in total. The van der Waals surface area contributed by atoms with Gasteiger partial charge in [0, 0.05) is 13.2 Å². The molecule has 128 valence electrons. The van der Waals surface area contributed by atoms with Crippen molar-refractivity contribution in [2.75, 3.05) is 0 Å². The molecule has 1 atom stereocenters. The molecule has 1 unspecified atom stereocenters. The molecule has 3 heterocycles. The van der Waals surface area contributed by atoms with E-state index in [0.717, 1.165) is 11.3 Å². The second kappa shape index (κ2) is 6.08. The van der Waals surface area contributed by atoms with Crippen LogP contribution in [0.2, 0.25) is 0 Å². The summed E-state index contributed by atoms with van der Waals surface area (Å²) in [5.41, 5.74) is 1.76. The van der Waals surface area contributed by atoms with Gasteiger partial charge in [-0.3, -0.25) is 9.36 Å². The standard InChI is InChI=1S/C14H15BrF2N6O/c1-6-9(5-22(4)20-6)14-19-18-13(24-14)8(3)23-7(2)10(15)11(21-23)12(16)17/h5,8,12H,1-4H3. The fraction of sp³-hybridized carbons (Fsp3) is 0.429. The number of aryl methyl sites for hydroxylation is 2. The van der Waals surface area contributed by atoms with Gasteiger partial charge in [-0.2, -0.15) is 10.2 Å². The third kappa shape index (κ3) is 2.74. The fourth-order valence-corrected chi connectivity index (χ4v) is 2.90. The zero-order chi connectivity index (χ0) is 17.6. The minimum Gasteiger partial charge on any atom is -0.418 e. The fourth-order valence-electron chi connectivity index (χ4n) is 2.46. The second-order valence-corrected chi connectivity index (χ2v) is 6.25. The van der Waals surface area contributed by atoms with Gasteiger partial charge >= 0.3 is 0 Å². The molecule has 24 heavy (non-hydrogen) atoms. The van der Waals surface area contributed by atoms with Crippen molar-refractivity contribution in [1.82, 2.24) is 29.8 Å². The molecule has 0 saturated heterocycles. The molecule has 0 fully saturated rings. The van der Waals surface area contributed by atoms with Crippen LogP contribution in [0.5, 0.6) is 0 Å². The summed E-state index contributed by atoms with van der Waals surface area (Å²) >= 11 is 3.16. The zero-order valence-electron chi connectivity index (χ0n) is 13.5. The van der Waals surface area contributed by atoms with Crippen LogP contribution in [-0.2, 0) is 7.05 Å². The van der Waals surface area contributed by atoms with Gasteiger partial charge in [-0.05, 0) is 36.7 Å². The Labute approximate surface area is 144 Å². The van der Waals surface area contributed by atoms with Crippen LogP contribution < -0.4 is 0 Å². The van der Waals surface area contributed by atoms with E-state index in [4.69, 9.17) is 4.42 Å². The monoisotopic (exact) mass is 400 g/mol. The van der Waals surface area contributed by atoms with Crippen LogP contribution in [0, 0.1) is 13.8 Å². The number of aromatic nitrogens is 6. The lowest BCUT2D eigenvalue weighted by atomic mass is 10.3. The average Bonchev–Trinajstić information content (AvgIpc) is 3.18. The molecule has 0 amide bonds. The van der Waals surface area contributed by atoms with Crippen molar-refractivity contribution in [3.8, 4) is 11.5 Å². The highest BCUT2D eigenvalue weighted by Crippen LogP contribution is 2.32. The van der Waals surface area contributed by atoms with Crippen LogP contribution in [0.1, 0.15) is 42.4 Å². The Kier molecular flexibility index (Phi) is 4.24. The van der Waals surface area contributed by atoms with Crippen molar-refractivity contribution in [2.45, 2.75) is 33.2 Å². The molecule has 0 saturated carbocycles. The molecular weight excluding hydrogens is 386 g/mol. The Morgan fingerprint density at radius 3 is 2.46 bits per heavy atom. The summed E-state index contributed by atoms with van der Waals surface area (Å²) in [5, 5.41) is 16.3. The molecule has 0 bridgehead atoms. The van der Waals surface area contributed by atoms with E-state index in [2.05, 4.69) is 36.3 Å². The van der Waals surface area contributed by atoms with E-state index in [0.29, 0.717) is 11.6 Å². The summed E-state index contributed by atoms with van der Waals surface area (Å²) in [7, 11) is 1.80. The van der Waals surface area contributed by atoms with E-state index in [1.807, 2.05) is 6.92 Å². The third-order valence-electron chi connectivity index (χ3n) is 3.72. The molecule has 0 aliphatic heterocycles. The first-order chi connectivity index (χ1) is 11.3. The van der Waals surface area contributed by atoms with Crippen LogP contribution in [0.25, 0.3) is 11.5 Å². The normalized spacial score (nSPS) is 13.0. The molecular formula is C14H15BrF2N6O. The first-order valence-electron chi connectivity index (χ1n) is 7.16. The van der Waals surface area contributed by atoms with Crippen LogP contribution in [0.15, 0.2) is 15.1 Å². The summed E-state index contributed by atoms with van der Waals surface area (Å²) < 4.78 is 35.1. The maximum absolute atomic E-state index is 13.0. The summed E-state index contributed by atoms with van der Waals surface area (Å²) in [6.07, 6.45) is -0.884. The van der Waals surface area contributed by atoms with Gasteiger partial charge in [0.2, 0.25) is 5.89 Å². The topological polar surface area (TPSA) is 74.6 Å². The number of rotatable bonds is 4. The molecule has 0 radical (unpaired) electrons. The number of halogens is 3. The SMILES string of the molecule is Cc1nn(C)cc1-c1nnc(C(C)n2nc(C(F)F)c(Br)c2C)o1. The van der Waals surface area contributed by atoms with Gasteiger partial charge < -0.3 is 4.42 Å². The van der Waals surface area contributed by atoms with Crippen LogP contribution >= 0.6 is 15.9 Å². The van der Waals surface area contributed by atoms with Crippen molar-refractivity contribution in [2.24, 2.45) is 7.05 Å². The predicted molar refractivity (Wildman–Crippen MR) is 84.7 cm³/mol. The highest BCUT2D eigenvalue weighted by Gasteiger charge is 2.26. The van der Waals surface area contributed by atoms with Crippen LogP contribution in [-0.4, -0.2) is 29.8 Å². The van der Waals surface area contributed by atoms with E-state index >= 15 is 0 Å². The van der Waals surface area contributed by atoms with Gasteiger partial charge in [-0.1, -0.05) is 0 Å². The number of hydrogen-bond donors (Lipinski definition) is 0. The third-order valence-corrected chi connectivity index (χ3v) is 4.70. The molecule has 10 heteroatoms. The van der Waals surface area contributed by atoms with E-state index < -0.39 is 12.5 Å². The summed E-state index contributed by atoms with van der Waals surface area (Å²) in [6.45, 7) is 5.30. The molecule has 3 rings (SSSR count). The number of hydrogen-bond acceptors (Lipinski definition) is 5. The van der Waals surface area contributed by atoms with E-state index in [-0.39, 0.29) is 16.1 Å². The first kappa shape index (κ1) is 16.7. The lowest BCUT2D eigenvalue weighted by Gasteiger charge is -2.09. The van der Waals surface area contributed by atoms with Crippen molar-refractivity contribution >= 4 is 15.9 Å². The van der Waals surface area contributed by atoms with E-state index in [9.17, 15) is 8.78 Å². The second-order valence-electron chi connectivity index (χ2n) is 5.45. The smallest absolute Gasteiger partial charge is 0.283 e. The minimum atomic E-state index is -2.66. The summed E-state index contributed by atoms with van der Waals surface area (Å²) in [5.74, 6) is 0.618. The lowest BCUT2D eigenvalue weighted by Crippen LogP contribution is -2.11. The lowest BCUT2D eigenvalue weighted by molar-refractivity contribution is 0.144. The first-order valence-corrected chi connectivity index (χ1v) is 7.95. The van der Waals surface area contributed by atoms with Gasteiger partial charge in [0.15, 0.2) is 0 Å². The van der Waals surface area contributed by atoms with Gasteiger partial charge in [0.1, 0.15) is 11.7 Å². The Balaban J connectivity index is 1.96.